The number of fused-ring (bicyclic) bond motifs is 1. The van der Waals surface area contributed by atoms with Crippen LogP contribution in [0, 0.1) is 0 Å². The van der Waals surface area contributed by atoms with Crippen LogP contribution in [-0.2, 0) is 4.79 Å². The van der Waals surface area contributed by atoms with Crippen molar-refractivity contribution in [2.75, 3.05) is 0 Å². The van der Waals surface area contributed by atoms with Crippen LogP contribution < -0.4 is 5.32 Å². The van der Waals surface area contributed by atoms with Crippen molar-refractivity contribution in [3.63, 3.8) is 0 Å². The molecule has 0 spiro atoms. The molecule has 112 valence electrons. The van der Waals surface area contributed by atoms with Crippen LogP contribution in [0.2, 0.25) is 0 Å². The van der Waals surface area contributed by atoms with Crippen LogP contribution in [0.4, 0.5) is 0 Å². The van der Waals surface area contributed by atoms with Gasteiger partial charge in [0.05, 0.1) is 9.83 Å². The first-order valence-electron chi connectivity index (χ1n) is 6.84. The zero-order valence-corrected chi connectivity index (χ0v) is 14.3. The fourth-order valence-corrected chi connectivity index (χ4v) is 3.45. The SMILES string of the molecule is C[C@H](NC(=O)/C=C/c1ccc(Br)s1)c1cc2ccccc2o1. The minimum absolute atomic E-state index is 0.141. The van der Waals surface area contributed by atoms with Gasteiger partial charge in [0.1, 0.15) is 11.3 Å². The number of para-hydroxylation sites is 1. The van der Waals surface area contributed by atoms with Crippen molar-refractivity contribution in [2.24, 2.45) is 0 Å². The van der Waals surface area contributed by atoms with E-state index in [-0.39, 0.29) is 11.9 Å². The number of rotatable bonds is 4. The molecule has 3 rings (SSSR count). The molecule has 22 heavy (non-hydrogen) atoms. The number of hydrogen-bond acceptors (Lipinski definition) is 3. The molecule has 1 aromatic carbocycles. The lowest BCUT2D eigenvalue weighted by Gasteiger charge is -2.08. The van der Waals surface area contributed by atoms with E-state index in [0.717, 1.165) is 25.4 Å². The maximum Gasteiger partial charge on any atom is 0.244 e. The largest absolute Gasteiger partial charge is 0.459 e. The summed E-state index contributed by atoms with van der Waals surface area (Å²) < 4.78 is 6.80. The second-order valence-electron chi connectivity index (χ2n) is 4.89. The molecule has 0 aliphatic carbocycles. The van der Waals surface area contributed by atoms with Crippen molar-refractivity contribution in [3.05, 3.63) is 63.0 Å². The predicted octanol–water partition coefficient (Wildman–Crippen LogP) is 5.15. The third-order valence-corrected chi connectivity index (χ3v) is 4.81. The Kier molecular flexibility index (Phi) is 4.45. The number of hydrogen-bond donors (Lipinski definition) is 1. The van der Waals surface area contributed by atoms with Crippen molar-refractivity contribution >= 4 is 50.2 Å². The maximum atomic E-state index is 12.0. The molecule has 2 aromatic heterocycles. The standard InChI is InChI=1S/C17H14BrNO2S/c1-11(15-10-12-4-2-3-5-14(12)21-15)19-17(20)9-7-13-6-8-16(18)22-13/h2-11H,1H3,(H,19,20)/b9-7+/t11-/m0/s1. The number of furan rings is 1. The zero-order valence-electron chi connectivity index (χ0n) is 11.9. The molecule has 0 aliphatic heterocycles. The van der Waals surface area contributed by atoms with E-state index in [2.05, 4.69) is 21.2 Å². The fourth-order valence-electron chi connectivity index (χ4n) is 2.12. The number of amides is 1. The Morgan fingerprint density at radius 3 is 2.86 bits per heavy atom. The molecule has 0 fully saturated rings. The summed E-state index contributed by atoms with van der Waals surface area (Å²) in [5, 5.41) is 3.95. The van der Waals surface area contributed by atoms with Gasteiger partial charge in [-0.1, -0.05) is 18.2 Å². The molecule has 0 unspecified atom stereocenters. The van der Waals surface area contributed by atoms with Crippen LogP contribution in [-0.4, -0.2) is 5.91 Å². The van der Waals surface area contributed by atoms with E-state index in [1.54, 1.807) is 17.4 Å². The summed E-state index contributed by atoms with van der Waals surface area (Å²) >= 11 is 4.98. The first kappa shape index (κ1) is 15.1. The second kappa shape index (κ2) is 6.50. The van der Waals surface area contributed by atoms with Gasteiger partial charge in [0.15, 0.2) is 0 Å². The van der Waals surface area contributed by atoms with Gasteiger partial charge in [-0.25, -0.2) is 0 Å². The number of carbonyl (C=O) groups excluding carboxylic acids is 1. The minimum Gasteiger partial charge on any atom is -0.459 e. The van der Waals surface area contributed by atoms with Crippen LogP contribution >= 0.6 is 27.3 Å². The quantitative estimate of drug-likeness (QED) is 0.640. The van der Waals surface area contributed by atoms with Gasteiger partial charge in [0, 0.05) is 16.3 Å². The normalized spacial score (nSPS) is 12.8. The van der Waals surface area contributed by atoms with Crippen molar-refractivity contribution in [3.8, 4) is 0 Å². The van der Waals surface area contributed by atoms with Crippen LogP contribution in [0.25, 0.3) is 17.0 Å². The molecular formula is C17H14BrNO2S. The average Bonchev–Trinajstić information content (AvgIpc) is 3.11. The molecule has 5 heteroatoms. The Hall–Kier alpha value is -1.85. The van der Waals surface area contributed by atoms with Gasteiger partial charge in [0.2, 0.25) is 5.91 Å². The highest BCUT2D eigenvalue weighted by molar-refractivity contribution is 9.11. The van der Waals surface area contributed by atoms with Crippen LogP contribution in [0.5, 0.6) is 0 Å². The third kappa shape index (κ3) is 3.48. The number of halogens is 1. The van der Waals surface area contributed by atoms with E-state index >= 15 is 0 Å². The Balaban J connectivity index is 1.66. The fraction of sp³-hybridized carbons (Fsp3) is 0.118. The van der Waals surface area contributed by atoms with Gasteiger partial charge >= 0.3 is 0 Å². The summed E-state index contributed by atoms with van der Waals surface area (Å²) in [6.45, 7) is 1.91. The molecule has 2 heterocycles. The van der Waals surface area contributed by atoms with Gasteiger partial charge < -0.3 is 9.73 Å². The van der Waals surface area contributed by atoms with Crippen molar-refractivity contribution in [2.45, 2.75) is 13.0 Å². The first-order chi connectivity index (χ1) is 10.6. The highest BCUT2D eigenvalue weighted by Gasteiger charge is 2.12. The lowest BCUT2D eigenvalue weighted by molar-refractivity contribution is -0.117. The molecule has 0 aliphatic rings. The number of thiophene rings is 1. The summed E-state index contributed by atoms with van der Waals surface area (Å²) in [5.41, 5.74) is 0.831. The van der Waals surface area contributed by atoms with Gasteiger partial charge in [-0.05, 0) is 53.2 Å². The van der Waals surface area contributed by atoms with Gasteiger partial charge in [0.25, 0.3) is 0 Å². The Morgan fingerprint density at radius 2 is 2.14 bits per heavy atom. The van der Waals surface area contributed by atoms with Crippen LogP contribution in [0.3, 0.4) is 0 Å². The van der Waals surface area contributed by atoms with E-state index < -0.39 is 0 Å². The van der Waals surface area contributed by atoms with Crippen LogP contribution in [0.15, 0.2) is 56.7 Å². The highest BCUT2D eigenvalue weighted by atomic mass is 79.9. The molecule has 0 saturated heterocycles. The molecule has 0 bridgehead atoms. The lowest BCUT2D eigenvalue weighted by atomic mass is 10.2. The molecule has 3 nitrogen and oxygen atoms in total. The lowest BCUT2D eigenvalue weighted by Crippen LogP contribution is -2.24. The molecular weight excluding hydrogens is 362 g/mol. The summed E-state index contributed by atoms with van der Waals surface area (Å²) in [6, 6.07) is 13.5. The predicted molar refractivity (Wildman–Crippen MR) is 93.8 cm³/mol. The number of nitrogens with one attached hydrogen (secondary N) is 1. The Morgan fingerprint density at radius 1 is 1.32 bits per heavy atom. The molecule has 1 amide bonds. The van der Waals surface area contributed by atoms with E-state index in [0.29, 0.717) is 0 Å². The van der Waals surface area contributed by atoms with E-state index in [4.69, 9.17) is 4.42 Å². The third-order valence-electron chi connectivity index (χ3n) is 3.22. The molecule has 3 aromatic rings. The summed E-state index contributed by atoms with van der Waals surface area (Å²) in [4.78, 5) is 13.0. The monoisotopic (exact) mass is 375 g/mol. The van der Waals surface area contributed by atoms with E-state index in [9.17, 15) is 4.79 Å². The van der Waals surface area contributed by atoms with Crippen molar-refractivity contribution in [1.82, 2.24) is 5.32 Å². The zero-order chi connectivity index (χ0) is 15.5. The highest BCUT2D eigenvalue weighted by Crippen LogP contribution is 2.24. The summed E-state index contributed by atoms with van der Waals surface area (Å²) in [5.74, 6) is 0.610. The van der Waals surface area contributed by atoms with E-state index in [1.807, 2.05) is 49.4 Å². The summed E-state index contributed by atoms with van der Waals surface area (Å²) in [7, 11) is 0. The van der Waals surface area contributed by atoms with Crippen LogP contribution in [0.1, 0.15) is 23.6 Å². The first-order valence-corrected chi connectivity index (χ1v) is 8.45. The Bertz CT molecular complexity index is 801. The van der Waals surface area contributed by atoms with Gasteiger partial charge in [-0.2, -0.15) is 0 Å². The van der Waals surface area contributed by atoms with Gasteiger partial charge in [-0.3, -0.25) is 4.79 Å². The average molecular weight is 376 g/mol. The molecule has 0 saturated carbocycles. The molecule has 0 radical (unpaired) electrons. The number of carbonyl (C=O) groups is 1. The topological polar surface area (TPSA) is 42.2 Å². The minimum atomic E-state index is -0.181. The second-order valence-corrected chi connectivity index (χ2v) is 7.39. The molecule has 1 atom stereocenters. The van der Waals surface area contributed by atoms with Crippen molar-refractivity contribution in [1.29, 1.82) is 0 Å². The maximum absolute atomic E-state index is 12.0. The number of benzene rings is 1. The Labute approximate surface area is 140 Å². The van der Waals surface area contributed by atoms with Gasteiger partial charge in [-0.15, -0.1) is 11.3 Å². The molecule has 1 N–H and O–H groups in total. The van der Waals surface area contributed by atoms with Crippen molar-refractivity contribution < 1.29 is 9.21 Å². The summed E-state index contributed by atoms with van der Waals surface area (Å²) in [6.07, 6.45) is 3.34. The smallest absolute Gasteiger partial charge is 0.244 e. The van der Waals surface area contributed by atoms with E-state index in [1.165, 1.54) is 6.08 Å².